The first-order valence-corrected chi connectivity index (χ1v) is 11.3. The summed E-state index contributed by atoms with van der Waals surface area (Å²) in [7, 11) is 0. The van der Waals surface area contributed by atoms with Crippen molar-refractivity contribution in [3.05, 3.63) is 71.0 Å². The van der Waals surface area contributed by atoms with Gasteiger partial charge < -0.3 is 14.7 Å². The van der Waals surface area contributed by atoms with Crippen molar-refractivity contribution in [2.75, 3.05) is 6.61 Å². The number of halogens is 1. The second kappa shape index (κ2) is 9.55. The Morgan fingerprint density at radius 3 is 2.41 bits per heavy atom. The first-order chi connectivity index (χ1) is 15.5. The summed E-state index contributed by atoms with van der Waals surface area (Å²) in [5.41, 5.74) is 0.548. The molecule has 2 aromatic rings. The molecule has 2 fully saturated rings. The number of Topliss-reactive ketones (excluding diaryl/α,β-unsaturated/α-hetero) is 1. The lowest BCUT2D eigenvalue weighted by Crippen LogP contribution is -2.40. The average Bonchev–Trinajstić information content (AvgIpc) is 3.08. The van der Waals surface area contributed by atoms with Gasteiger partial charge in [0.1, 0.15) is 17.3 Å². The van der Waals surface area contributed by atoms with E-state index in [2.05, 4.69) is 0 Å². The van der Waals surface area contributed by atoms with Gasteiger partial charge >= 0.3 is 0 Å². The Bertz CT molecular complexity index is 1020. The van der Waals surface area contributed by atoms with Gasteiger partial charge in [-0.3, -0.25) is 9.59 Å². The number of amides is 1. The van der Waals surface area contributed by atoms with Gasteiger partial charge in [0.2, 0.25) is 0 Å². The minimum absolute atomic E-state index is 0.0621. The number of ether oxygens (including phenoxy) is 1. The minimum atomic E-state index is -0.949. The van der Waals surface area contributed by atoms with E-state index in [1.54, 1.807) is 42.5 Å². The van der Waals surface area contributed by atoms with E-state index in [0.29, 0.717) is 17.9 Å². The van der Waals surface area contributed by atoms with Crippen LogP contribution >= 0.6 is 0 Å². The van der Waals surface area contributed by atoms with E-state index in [9.17, 15) is 19.1 Å². The fourth-order valence-corrected chi connectivity index (χ4v) is 4.67. The number of likely N-dealkylation sites (tertiary alicyclic amines) is 1. The molecule has 168 valence electrons. The van der Waals surface area contributed by atoms with Crippen LogP contribution in [0, 0.1) is 5.82 Å². The highest BCUT2D eigenvalue weighted by atomic mass is 19.1. The first kappa shape index (κ1) is 22.1. The Balaban J connectivity index is 1.80. The molecular weight excluding hydrogens is 409 g/mol. The van der Waals surface area contributed by atoms with Gasteiger partial charge in [-0.25, -0.2) is 4.39 Å². The Labute approximate surface area is 187 Å². The van der Waals surface area contributed by atoms with E-state index in [0.717, 1.165) is 38.5 Å². The van der Waals surface area contributed by atoms with Crippen molar-refractivity contribution in [2.24, 2.45) is 0 Å². The fraction of sp³-hybridized carbons (Fsp3) is 0.385. The molecule has 0 radical (unpaired) electrons. The van der Waals surface area contributed by atoms with Crippen LogP contribution < -0.4 is 4.74 Å². The van der Waals surface area contributed by atoms with Gasteiger partial charge in [0.15, 0.2) is 0 Å². The van der Waals surface area contributed by atoms with Crippen molar-refractivity contribution in [1.82, 2.24) is 4.90 Å². The van der Waals surface area contributed by atoms with Crippen LogP contribution in [0.4, 0.5) is 4.39 Å². The summed E-state index contributed by atoms with van der Waals surface area (Å²) in [6.07, 6.45) is 5.39. The van der Waals surface area contributed by atoms with Crippen LogP contribution in [0.2, 0.25) is 0 Å². The molecule has 1 heterocycles. The Morgan fingerprint density at radius 2 is 1.75 bits per heavy atom. The van der Waals surface area contributed by atoms with Gasteiger partial charge in [-0.2, -0.15) is 0 Å². The predicted molar refractivity (Wildman–Crippen MR) is 120 cm³/mol. The van der Waals surface area contributed by atoms with Crippen LogP contribution in [0.5, 0.6) is 5.75 Å². The van der Waals surface area contributed by atoms with Crippen LogP contribution in [-0.4, -0.2) is 34.3 Å². The lowest BCUT2D eigenvalue weighted by Gasteiger charge is -2.35. The number of aliphatic hydroxyl groups is 1. The Hall–Kier alpha value is -3.15. The summed E-state index contributed by atoms with van der Waals surface area (Å²) >= 11 is 0. The summed E-state index contributed by atoms with van der Waals surface area (Å²) < 4.78 is 20.5. The van der Waals surface area contributed by atoms with Gasteiger partial charge in [0.05, 0.1) is 18.2 Å². The molecule has 0 aromatic heterocycles. The molecule has 0 bridgehead atoms. The molecule has 2 aromatic carbocycles. The van der Waals surface area contributed by atoms with Crippen LogP contribution in [0.15, 0.2) is 54.1 Å². The van der Waals surface area contributed by atoms with Crippen LogP contribution in [0.1, 0.15) is 62.6 Å². The van der Waals surface area contributed by atoms with Gasteiger partial charge in [-0.15, -0.1) is 0 Å². The van der Waals surface area contributed by atoms with E-state index in [1.807, 2.05) is 6.92 Å². The number of carbonyl (C=O) groups excluding carboxylic acids is 2. The number of nitrogens with zero attached hydrogens (tertiary/aromatic N) is 1. The zero-order chi connectivity index (χ0) is 22.7. The Kier molecular flexibility index (Phi) is 6.58. The molecule has 6 heteroatoms. The molecule has 1 unspecified atom stereocenters. The molecule has 1 aliphatic heterocycles. The maximum atomic E-state index is 14.9. The molecule has 4 rings (SSSR count). The van der Waals surface area contributed by atoms with E-state index in [1.165, 1.54) is 11.0 Å². The monoisotopic (exact) mass is 437 g/mol. The van der Waals surface area contributed by atoms with Gasteiger partial charge in [0.25, 0.3) is 11.7 Å². The number of aliphatic hydroxyl groups excluding tert-OH is 1. The second-order valence-electron chi connectivity index (χ2n) is 8.39. The van der Waals surface area contributed by atoms with E-state index in [-0.39, 0.29) is 22.9 Å². The van der Waals surface area contributed by atoms with E-state index >= 15 is 0 Å². The molecule has 1 N–H and O–H groups in total. The highest BCUT2D eigenvalue weighted by Gasteiger charge is 2.49. The van der Waals surface area contributed by atoms with Crippen molar-refractivity contribution in [3.8, 4) is 5.75 Å². The molecule has 5 nitrogen and oxygen atoms in total. The smallest absolute Gasteiger partial charge is 0.295 e. The Morgan fingerprint density at radius 1 is 1.06 bits per heavy atom. The maximum absolute atomic E-state index is 14.9. The molecule has 1 saturated heterocycles. The molecule has 1 aliphatic carbocycles. The third-order valence-corrected chi connectivity index (χ3v) is 6.25. The van der Waals surface area contributed by atoms with E-state index in [4.69, 9.17) is 4.74 Å². The van der Waals surface area contributed by atoms with Crippen molar-refractivity contribution in [1.29, 1.82) is 0 Å². The zero-order valence-electron chi connectivity index (χ0n) is 18.2. The quantitative estimate of drug-likeness (QED) is 0.375. The fourth-order valence-electron chi connectivity index (χ4n) is 4.67. The van der Waals surface area contributed by atoms with Crippen molar-refractivity contribution in [3.63, 3.8) is 0 Å². The van der Waals surface area contributed by atoms with Gasteiger partial charge in [0, 0.05) is 17.2 Å². The topological polar surface area (TPSA) is 66.8 Å². The summed E-state index contributed by atoms with van der Waals surface area (Å²) in [4.78, 5) is 27.7. The average molecular weight is 438 g/mol. The van der Waals surface area contributed by atoms with Crippen LogP contribution in [0.3, 0.4) is 0 Å². The molecular formula is C26H28FNO4. The van der Waals surface area contributed by atoms with Crippen molar-refractivity contribution < 1.29 is 23.8 Å². The summed E-state index contributed by atoms with van der Waals surface area (Å²) in [5.74, 6) is -1.59. The third-order valence-electron chi connectivity index (χ3n) is 6.25. The molecule has 1 amide bonds. The highest BCUT2D eigenvalue weighted by molar-refractivity contribution is 6.46. The number of rotatable bonds is 6. The molecule has 1 saturated carbocycles. The number of hydrogen-bond donors (Lipinski definition) is 1. The van der Waals surface area contributed by atoms with E-state index < -0.39 is 23.5 Å². The van der Waals surface area contributed by atoms with Gasteiger partial charge in [-0.1, -0.05) is 44.4 Å². The SMILES string of the molecule is CCCOc1ccc(/C(O)=C2/C(=O)C(=O)N(C3CCCCC3)C2c2ccccc2F)cc1. The molecule has 1 atom stereocenters. The van der Waals surface area contributed by atoms with Crippen molar-refractivity contribution in [2.45, 2.75) is 57.5 Å². The number of ketones is 1. The van der Waals surface area contributed by atoms with Crippen LogP contribution in [0.25, 0.3) is 5.76 Å². The summed E-state index contributed by atoms with van der Waals surface area (Å²) in [5, 5.41) is 11.1. The normalized spacial score (nSPS) is 21.2. The lowest BCUT2D eigenvalue weighted by atomic mass is 9.90. The number of hydrogen-bond acceptors (Lipinski definition) is 4. The minimum Gasteiger partial charge on any atom is -0.507 e. The lowest BCUT2D eigenvalue weighted by molar-refractivity contribution is -0.141. The largest absolute Gasteiger partial charge is 0.507 e. The highest BCUT2D eigenvalue weighted by Crippen LogP contribution is 2.43. The maximum Gasteiger partial charge on any atom is 0.295 e. The standard InChI is InChI=1S/C26H28FNO4/c1-2-16-32-19-14-12-17(13-15-19)24(29)22-23(20-10-6-7-11-21(20)27)28(26(31)25(22)30)18-8-4-3-5-9-18/h6-7,10-15,18,23,29H,2-5,8-9,16H2,1H3/b24-22-. The second-order valence-corrected chi connectivity index (χ2v) is 8.39. The predicted octanol–water partition coefficient (Wildman–Crippen LogP) is 5.37. The third kappa shape index (κ3) is 4.14. The summed E-state index contributed by atoms with van der Waals surface area (Å²) in [6, 6.07) is 11.8. The zero-order valence-corrected chi connectivity index (χ0v) is 18.2. The van der Waals surface area contributed by atoms with Gasteiger partial charge in [-0.05, 0) is 49.6 Å². The van der Waals surface area contributed by atoms with Crippen molar-refractivity contribution >= 4 is 17.4 Å². The molecule has 0 spiro atoms. The number of carbonyl (C=O) groups is 2. The first-order valence-electron chi connectivity index (χ1n) is 11.3. The molecule has 32 heavy (non-hydrogen) atoms. The molecule has 2 aliphatic rings. The number of benzene rings is 2. The summed E-state index contributed by atoms with van der Waals surface area (Å²) in [6.45, 7) is 2.58. The van der Waals surface area contributed by atoms with Crippen LogP contribution in [-0.2, 0) is 9.59 Å².